The fraction of sp³-hybridized carbons (Fsp3) is 0.625. The van der Waals surface area contributed by atoms with Gasteiger partial charge < -0.3 is 25.9 Å². The van der Waals surface area contributed by atoms with Crippen molar-refractivity contribution in [1.82, 2.24) is 19.5 Å². The van der Waals surface area contributed by atoms with Crippen molar-refractivity contribution < 1.29 is 14.6 Å². The Kier molecular flexibility index (Phi) is 6.70. The summed E-state index contributed by atoms with van der Waals surface area (Å²) in [6.45, 7) is 4.03. The number of nitrogens with zero attached hydrogens (tertiary/aromatic N) is 3. The van der Waals surface area contributed by atoms with Crippen LogP contribution in [0.5, 0.6) is 0 Å². The number of aliphatic hydroxyl groups is 1. The first-order valence-corrected chi connectivity index (χ1v) is 8.64. The molecule has 0 saturated heterocycles. The van der Waals surface area contributed by atoms with Gasteiger partial charge in [0, 0.05) is 6.54 Å². The number of nitrogen functional groups attached to an aromatic ring is 1. The maximum Gasteiger partial charge on any atom is 0.323 e. The molecule has 6 N–H and O–H groups in total. The van der Waals surface area contributed by atoms with Crippen molar-refractivity contribution in [2.45, 2.75) is 51.8 Å². The van der Waals surface area contributed by atoms with Crippen molar-refractivity contribution >= 4 is 23.1 Å². The molecule has 144 valence electrons. The Morgan fingerprint density at radius 1 is 1.50 bits per heavy atom. The zero-order valence-corrected chi connectivity index (χ0v) is 15.0. The molecule has 0 amide bonds. The van der Waals surface area contributed by atoms with E-state index in [0.29, 0.717) is 25.0 Å². The van der Waals surface area contributed by atoms with E-state index in [0.717, 1.165) is 6.42 Å². The molecule has 0 saturated carbocycles. The van der Waals surface area contributed by atoms with Crippen LogP contribution in [0.1, 0.15) is 33.1 Å². The third kappa shape index (κ3) is 4.58. The Labute approximate surface area is 150 Å². The van der Waals surface area contributed by atoms with Gasteiger partial charge in [0.2, 0.25) is 5.95 Å². The summed E-state index contributed by atoms with van der Waals surface area (Å²) in [7, 11) is 0. The van der Waals surface area contributed by atoms with Crippen LogP contribution in [-0.2, 0) is 16.1 Å². The molecule has 3 atom stereocenters. The maximum absolute atomic E-state index is 12.0. The van der Waals surface area contributed by atoms with E-state index in [1.165, 1.54) is 6.33 Å². The molecule has 0 bridgehead atoms. The van der Waals surface area contributed by atoms with E-state index < -0.39 is 23.7 Å². The Bertz CT molecular complexity index is 802. The van der Waals surface area contributed by atoms with Crippen molar-refractivity contribution in [3.63, 3.8) is 0 Å². The minimum absolute atomic E-state index is 0.00813. The highest BCUT2D eigenvalue weighted by Crippen LogP contribution is 2.12. The van der Waals surface area contributed by atoms with Crippen LogP contribution >= 0.6 is 0 Å². The molecule has 0 unspecified atom stereocenters. The number of H-pyrrole nitrogens is 1. The largest absolute Gasteiger partial charge is 0.459 e. The number of aromatic nitrogens is 4. The number of hydrogen-bond acceptors (Lipinski definition) is 8. The lowest BCUT2D eigenvalue weighted by molar-refractivity contribution is -0.154. The average molecular weight is 366 g/mol. The summed E-state index contributed by atoms with van der Waals surface area (Å²) in [4.78, 5) is 34.3. The van der Waals surface area contributed by atoms with Crippen LogP contribution in [0, 0.1) is 5.92 Å². The lowest BCUT2D eigenvalue weighted by Crippen LogP contribution is -2.40. The lowest BCUT2D eigenvalue weighted by atomic mass is 10.0. The fourth-order valence-electron chi connectivity index (χ4n) is 2.54. The van der Waals surface area contributed by atoms with Crippen LogP contribution in [0.2, 0.25) is 0 Å². The highest BCUT2D eigenvalue weighted by molar-refractivity contribution is 5.76. The molecule has 0 spiro atoms. The lowest BCUT2D eigenvalue weighted by Gasteiger charge is -2.21. The standard InChI is InChI=1S/C16H26N6O4/c1-3-9(2)11(17)15(25)26-10(7-23)5-4-6-22-8-19-12-13(22)20-16(18)21-14(12)24/h8-11,23H,3-7,17H2,1-2H3,(H3,18,20,21,24)/t9-,10+,11-/m0/s1. The minimum Gasteiger partial charge on any atom is -0.459 e. The molecular formula is C16H26N6O4. The van der Waals surface area contributed by atoms with E-state index in [1.807, 2.05) is 13.8 Å². The minimum atomic E-state index is -0.703. The van der Waals surface area contributed by atoms with Gasteiger partial charge in [-0.1, -0.05) is 20.3 Å². The number of carbonyl (C=O) groups is 1. The monoisotopic (exact) mass is 366 g/mol. The second kappa shape index (κ2) is 8.77. The van der Waals surface area contributed by atoms with E-state index in [4.69, 9.17) is 16.2 Å². The van der Waals surface area contributed by atoms with Crippen molar-refractivity contribution in [1.29, 1.82) is 0 Å². The van der Waals surface area contributed by atoms with Gasteiger partial charge in [-0.2, -0.15) is 4.98 Å². The summed E-state index contributed by atoms with van der Waals surface area (Å²) in [5.74, 6) is -0.480. The molecule has 0 aromatic carbocycles. The highest BCUT2D eigenvalue weighted by atomic mass is 16.6. The van der Waals surface area contributed by atoms with Gasteiger partial charge in [-0.3, -0.25) is 14.6 Å². The third-order valence-corrected chi connectivity index (χ3v) is 4.43. The van der Waals surface area contributed by atoms with E-state index in [-0.39, 0.29) is 24.0 Å². The van der Waals surface area contributed by atoms with Crippen LogP contribution in [0.4, 0.5) is 5.95 Å². The Balaban J connectivity index is 1.93. The van der Waals surface area contributed by atoms with Gasteiger partial charge in [-0.15, -0.1) is 0 Å². The molecule has 0 aliphatic rings. The summed E-state index contributed by atoms with van der Waals surface area (Å²) in [5.41, 5.74) is 11.6. The smallest absolute Gasteiger partial charge is 0.323 e. The summed E-state index contributed by atoms with van der Waals surface area (Å²) in [6, 6.07) is -0.703. The molecule has 2 heterocycles. The van der Waals surface area contributed by atoms with Crippen LogP contribution < -0.4 is 17.0 Å². The van der Waals surface area contributed by atoms with Crippen molar-refractivity contribution in [2.24, 2.45) is 11.7 Å². The van der Waals surface area contributed by atoms with E-state index in [2.05, 4.69) is 15.0 Å². The number of hydrogen-bond donors (Lipinski definition) is 4. The number of carbonyl (C=O) groups excluding carboxylic acids is 1. The van der Waals surface area contributed by atoms with Gasteiger partial charge in [0.05, 0.1) is 12.9 Å². The van der Waals surface area contributed by atoms with E-state index in [9.17, 15) is 14.7 Å². The average Bonchev–Trinajstić information content (AvgIpc) is 3.02. The number of aliphatic hydroxyl groups excluding tert-OH is 1. The number of esters is 1. The summed E-state index contributed by atoms with van der Waals surface area (Å²) in [6.07, 6.45) is 2.66. The molecular weight excluding hydrogens is 340 g/mol. The number of anilines is 1. The molecule has 10 heteroatoms. The number of fused-ring (bicyclic) bond motifs is 1. The first-order chi connectivity index (χ1) is 12.4. The van der Waals surface area contributed by atoms with Gasteiger partial charge in [0.25, 0.3) is 5.56 Å². The first kappa shape index (κ1) is 19.9. The molecule has 2 aromatic heterocycles. The highest BCUT2D eigenvalue weighted by Gasteiger charge is 2.24. The van der Waals surface area contributed by atoms with Crippen molar-refractivity contribution in [2.75, 3.05) is 12.3 Å². The number of aromatic amines is 1. The summed E-state index contributed by atoms with van der Waals surface area (Å²) < 4.78 is 7.00. The molecule has 2 aromatic rings. The number of nitrogens with two attached hydrogens (primary N) is 2. The summed E-state index contributed by atoms with van der Waals surface area (Å²) in [5, 5.41) is 9.44. The van der Waals surface area contributed by atoms with Crippen LogP contribution in [0.3, 0.4) is 0 Å². The zero-order chi connectivity index (χ0) is 19.3. The predicted molar refractivity (Wildman–Crippen MR) is 96.2 cm³/mol. The maximum atomic E-state index is 12.0. The van der Waals surface area contributed by atoms with Crippen LogP contribution in [0.25, 0.3) is 11.2 Å². The number of nitrogens with one attached hydrogen (secondary N) is 1. The molecule has 0 radical (unpaired) electrons. The van der Waals surface area contributed by atoms with Crippen molar-refractivity contribution in [3.05, 3.63) is 16.7 Å². The quantitative estimate of drug-likeness (QED) is 0.442. The Morgan fingerprint density at radius 3 is 2.88 bits per heavy atom. The first-order valence-electron chi connectivity index (χ1n) is 8.64. The predicted octanol–water partition coefficient (Wildman–Crippen LogP) is -0.240. The SMILES string of the molecule is CC[C@H](C)[C@H](N)C(=O)O[C@@H](CO)CCCn1cnc2c(=O)[nH]c(N)nc21. The van der Waals surface area contributed by atoms with Crippen LogP contribution in [0.15, 0.2) is 11.1 Å². The van der Waals surface area contributed by atoms with Gasteiger partial charge in [-0.05, 0) is 18.8 Å². The van der Waals surface area contributed by atoms with Crippen molar-refractivity contribution in [3.8, 4) is 0 Å². The van der Waals surface area contributed by atoms with Gasteiger partial charge in [0.1, 0.15) is 12.1 Å². The molecule has 0 aliphatic carbocycles. The second-order valence-corrected chi connectivity index (χ2v) is 6.36. The Hall–Kier alpha value is -2.46. The number of imidazole rings is 1. The summed E-state index contributed by atoms with van der Waals surface area (Å²) >= 11 is 0. The van der Waals surface area contributed by atoms with Gasteiger partial charge in [-0.25, -0.2) is 4.98 Å². The fourth-order valence-corrected chi connectivity index (χ4v) is 2.54. The Morgan fingerprint density at radius 2 is 2.23 bits per heavy atom. The normalized spacial score (nSPS) is 14.9. The molecule has 0 aliphatic heterocycles. The number of ether oxygens (including phenoxy) is 1. The van der Waals surface area contributed by atoms with Gasteiger partial charge in [0.15, 0.2) is 11.2 Å². The molecule has 0 fully saturated rings. The van der Waals surface area contributed by atoms with E-state index >= 15 is 0 Å². The molecule has 26 heavy (non-hydrogen) atoms. The zero-order valence-electron chi connectivity index (χ0n) is 15.0. The molecule has 10 nitrogen and oxygen atoms in total. The molecule has 2 rings (SSSR count). The number of rotatable bonds is 9. The third-order valence-electron chi connectivity index (χ3n) is 4.43. The van der Waals surface area contributed by atoms with E-state index in [1.54, 1.807) is 4.57 Å². The van der Waals surface area contributed by atoms with Gasteiger partial charge >= 0.3 is 5.97 Å². The topological polar surface area (TPSA) is 162 Å². The second-order valence-electron chi connectivity index (χ2n) is 6.36. The number of aryl methyl sites for hydroxylation is 1. The van der Waals surface area contributed by atoms with Crippen LogP contribution in [-0.4, -0.2) is 49.3 Å².